The summed E-state index contributed by atoms with van der Waals surface area (Å²) in [5.74, 6) is -0.622. The van der Waals surface area contributed by atoms with Crippen molar-refractivity contribution in [3.05, 3.63) is 131 Å². The molecule has 10 nitrogen and oxygen atoms in total. The number of allylic oxidation sites excluding steroid dienone is 1. The van der Waals surface area contributed by atoms with Crippen LogP contribution in [0.1, 0.15) is 31.8 Å². The van der Waals surface area contributed by atoms with E-state index < -0.39 is 11.9 Å². The third-order valence-corrected chi connectivity index (χ3v) is 9.19. The lowest BCUT2D eigenvalue weighted by atomic mass is 9.90. The van der Waals surface area contributed by atoms with Crippen LogP contribution in [-0.4, -0.2) is 46.3 Å². The zero-order chi connectivity index (χ0) is 36.1. The van der Waals surface area contributed by atoms with Gasteiger partial charge in [-0.3, -0.25) is 0 Å². The molecule has 0 unspecified atom stereocenters. The second kappa shape index (κ2) is 12.7. The number of ether oxygens (including phenoxy) is 2. The molecule has 2 N–H and O–H groups in total. The number of aromatic nitrogens is 2. The number of nitrogens with zero attached hydrogens (tertiary/aromatic N) is 2. The first kappa shape index (κ1) is 32.3. The van der Waals surface area contributed by atoms with Gasteiger partial charge in [-0.25, -0.2) is 19.6 Å². The van der Waals surface area contributed by atoms with E-state index in [1.54, 1.807) is 36.4 Å². The van der Waals surface area contributed by atoms with Gasteiger partial charge in [-0.05, 0) is 82.9 Å². The molecule has 0 amide bonds. The normalized spacial score (nSPS) is 11.4. The van der Waals surface area contributed by atoms with Crippen LogP contribution in [0.3, 0.4) is 0 Å². The monoisotopic (exact) mass is 690 g/mol. The summed E-state index contributed by atoms with van der Waals surface area (Å²) in [7, 11) is 2.62. The first-order valence-corrected chi connectivity index (χ1v) is 16.3. The number of phenols is 2. The minimum absolute atomic E-state index is 0.0137. The number of benzene rings is 6. The number of oxazole rings is 2. The SMILES string of the molecule is C=C(Cc1c(O)c(-c2nc3cc(C(=O)OC)ccc3o2)cc2ccccc12)Cc1c(O)c(-c2nc3cc(C(=O)OC)ccc3o2)cc2ccccc12. The Labute approximate surface area is 296 Å². The lowest BCUT2D eigenvalue weighted by Crippen LogP contribution is -2.00. The van der Waals surface area contributed by atoms with Crippen molar-refractivity contribution in [2.24, 2.45) is 0 Å². The van der Waals surface area contributed by atoms with Crippen LogP contribution in [0.2, 0.25) is 0 Å². The third kappa shape index (κ3) is 5.56. The first-order chi connectivity index (χ1) is 25.2. The number of esters is 2. The number of hydrogen-bond donors (Lipinski definition) is 2. The molecule has 0 aliphatic rings. The van der Waals surface area contributed by atoms with Crippen LogP contribution in [0.4, 0.5) is 0 Å². The molecule has 2 heterocycles. The van der Waals surface area contributed by atoms with Gasteiger partial charge in [0.2, 0.25) is 11.8 Å². The molecule has 8 aromatic rings. The first-order valence-electron chi connectivity index (χ1n) is 16.3. The minimum atomic E-state index is -0.492. The van der Waals surface area contributed by atoms with E-state index in [2.05, 4.69) is 16.5 Å². The molecule has 256 valence electrons. The summed E-state index contributed by atoms with van der Waals surface area (Å²) < 4.78 is 21.8. The second-order valence-corrected chi connectivity index (χ2v) is 12.4. The molecule has 0 fully saturated rings. The van der Waals surface area contributed by atoms with Gasteiger partial charge in [-0.15, -0.1) is 0 Å². The number of methoxy groups -OCH3 is 2. The lowest BCUT2D eigenvalue weighted by Gasteiger charge is -2.16. The van der Waals surface area contributed by atoms with Crippen LogP contribution in [0.15, 0.2) is 118 Å². The van der Waals surface area contributed by atoms with Crippen LogP contribution < -0.4 is 0 Å². The number of phenolic OH excluding ortho intramolecular Hbond substituents is 2. The van der Waals surface area contributed by atoms with E-state index in [4.69, 9.17) is 18.3 Å². The predicted octanol–water partition coefficient (Wildman–Crippen LogP) is 8.94. The zero-order valence-corrected chi connectivity index (χ0v) is 28.1. The average Bonchev–Trinajstić information content (AvgIpc) is 3.80. The molecule has 6 aromatic carbocycles. The standard InChI is InChI=1S/C42H30N2O8/c1-22(16-29-27-10-6-4-8-23(27)18-31(37(29)45)39-43-33-20-25(41(47)49-2)12-14-35(33)51-39)17-30-28-11-7-5-9-24(28)19-32(38(30)46)40-44-34-21-26(42(48)50-3)13-15-36(34)52-40/h4-15,18-21,45-46H,1,16-17H2,2-3H3. The van der Waals surface area contributed by atoms with Gasteiger partial charge in [0.25, 0.3) is 0 Å². The Morgan fingerprint density at radius 2 is 1.06 bits per heavy atom. The van der Waals surface area contributed by atoms with Gasteiger partial charge in [0.05, 0.1) is 36.5 Å². The van der Waals surface area contributed by atoms with Gasteiger partial charge in [0.15, 0.2) is 11.2 Å². The summed E-state index contributed by atoms with van der Waals surface area (Å²) in [5, 5.41) is 27.0. The fourth-order valence-corrected chi connectivity index (χ4v) is 6.64. The summed E-state index contributed by atoms with van der Waals surface area (Å²) in [6, 6.07) is 28.7. The van der Waals surface area contributed by atoms with Crippen LogP contribution in [0.5, 0.6) is 11.5 Å². The molecule has 10 heteroatoms. The highest BCUT2D eigenvalue weighted by Gasteiger charge is 2.23. The molecule has 0 aliphatic heterocycles. The molecule has 8 rings (SSSR count). The molecule has 0 aliphatic carbocycles. The van der Waals surface area contributed by atoms with Gasteiger partial charge in [0, 0.05) is 11.1 Å². The predicted molar refractivity (Wildman–Crippen MR) is 196 cm³/mol. The van der Waals surface area contributed by atoms with Gasteiger partial charge in [-0.2, -0.15) is 0 Å². The smallest absolute Gasteiger partial charge is 0.337 e. The number of rotatable bonds is 8. The lowest BCUT2D eigenvalue weighted by molar-refractivity contribution is 0.0592. The largest absolute Gasteiger partial charge is 0.507 e. The van der Waals surface area contributed by atoms with E-state index in [-0.39, 0.29) is 36.1 Å². The van der Waals surface area contributed by atoms with Crippen molar-refractivity contribution in [1.82, 2.24) is 9.97 Å². The summed E-state index contributed by atoms with van der Waals surface area (Å²) in [6.07, 6.45) is 0.536. The maximum Gasteiger partial charge on any atom is 0.337 e. The summed E-state index contributed by atoms with van der Waals surface area (Å²) >= 11 is 0. The average molecular weight is 691 g/mol. The van der Waals surface area contributed by atoms with Gasteiger partial charge in [-0.1, -0.05) is 60.7 Å². The molecule has 0 spiro atoms. The highest BCUT2D eigenvalue weighted by molar-refractivity contribution is 5.97. The van der Waals surface area contributed by atoms with Crippen molar-refractivity contribution in [2.45, 2.75) is 12.8 Å². The summed E-state index contributed by atoms with van der Waals surface area (Å²) in [5.41, 5.74) is 5.19. The molecule has 0 saturated heterocycles. The van der Waals surface area contributed by atoms with E-state index in [0.29, 0.717) is 55.6 Å². The van der Waals surface area contributed by atoms with E-state index in [1.165, 1.54) is 14.2 Å². The molecule has 0 bridgehead atoms. The molecule has 52 heavy (non-hydrogen) atoms. The quantitative estimate of drug-likeness (QED) is 0.117. The second-order valence-electron chi connectivity index (χ2n) is 12.4. The van der Waals surface area contributed by atoms with E-state index >= 15 is 0 Å². The van der Waals surface area contributed by atoms with Gasteiger partial charge in [0.1, 0.15) is 22.5 Å². The van der Waals surface area contributed by atoms with Crippen molar-refractivity contribution >= 4 is 55.7 Å². The Bertz CT molecular complexity index is 2570. The molecule has 0 atom stereocenters. The van der Waals surface area contributed by atoms with Crippen molar-refractivity contribution in [3.63, 3.8) is 0 Å². The summed E-state index contributed by atoms with van der Waals surface area (Å²) in [4.78, 5) is 33.4. The van der Waals surface area contributed by atoms with E-state index in [1.807, 2.05) is 60.7 Å². The Kier molecular flexibility index (Phi) is 7.91. The van der Waals surface area contributed by atoms with Crippen molar-refractivity contribution in [2.75, 3.05) is 14.2 Å². The topological polar surface area (TPSA) is 145 Å². The van der Waals surface area contributed by atoms with Crippen LogP contribution >= 0.6 is 0 Å². The van der Waals surface area contributed by atoms with Crippen molar-refractivity contribution in [1.29, 1.82) is 0 Å². The van der Waals surface area contributed by atoms with Crippen LogP contribution in [0.25, 0.3) is 66.7 Å². The number of carbonyl (C=O) groups is 2. The molecular formula is C42H30N2O8. The van der Waals surface area contributed by atoms with Crippen LogP contribution in [0, 0.1) is 0 Å². The highest BCUT2D eigenvalue weighted by atomic mass is 16.5. The Balaban J connectivity index is 1.18. The maximum atomic E-state index is 12.1. The fourth-order valence-electron chi connectivity index (χ4n) is 6.64. The number of carbonyl (C=O) groups excluding carboxylic acids is 2. The van der Waals surface area contributed by atoms with Crippen molar-refractivity contribution in [3.8, 4) is 34.4 Å². The Hall–Kier alpha value is -6.94. The number of fused-ring (bicyclic) bond motifs is 4. The van der Waals surface area contributed by atoms with Gasteiger partial charge < -0.3 is 28.5 Å². The zero-order valence-electron chi connectivity index (χ0n) is 28.1. The minimum Gasteiger partial charge on any atom is -0.507 e. The highest BCUT2D eigenvalue weighted by Crippen LogP contribution is 2.42. The maximum absolute atomic E-state index is 12.1. The molecule has 2 aromatic heterocycles. The van der Waals surface area contributed by atoms with Crippen molar-refractivity contribution < 1.29 is 38.1 Å². The molecule has 0 saturated carbocycles. The summed E-state index contributed by atoms with van der Waals surface area (Å²) in [6.45, 7) is 4.40. The Morgan fingerprint density at radius 3 is 1.48 bits per heavy atom. The number of aromatic hydroxyl groups is 2. The van der Waals surface area contributed by atoms with E-state index in [0.717, 1.165) is 27.1 Å². The van der Waals surface area contributed by atoms with E-state index in [9.17, 15) is 19.8 Å². The number of hydrogen-bond acceptors (Lipinski definition) is 10. The molecule has 0 radical (unpaired) electrons. The van der Waals surface area contributed by atoms with Gasteiger partial charge >= 0.3 is 11.9 Å². The molecular weight excluding hydrogens is 660 g/mol. The van der Waals surface area contributed by atoms with Crippen LogP contribution in [-0.2, 0) is 22.3 Å². The fraction of sp³-hybridized carbons (Fsp3) is 0.0952. The Morgan fingerprint density at radius 1 is 0.635 bits per heavy atom. The third-order valence-electron chi connectivity index (χ3n) is 9.19.